The maximum absolute atomic E-state index is 12.8. The van der Waals surface area contributed by atoms with Crippen molar-refractivity contribution in [2.75, 3.05) is 31.3 Å². The van der Waals surface area contributed by atoms with Gasteiger partial charge in [0.05, 0.1) is 24.7 Å². The zero-order valence-corrected chi connectivity index (χ0v) is 21.8. The van der Waals surface area contributed by atoms with Crippen molar-refractivity contribution < 1.29 is 20.1 Å². The van der Waals surface area contributed by atoms with Gasteiger partial charge < -0.3 is 25.5 Å². The van der Waals surface area contributed by atoms with E-state index in [0.717, 1.165) is 18.6 Å². The Morgan fingerprint density at radius 3 is 2.70 bits per heavy atom. The first-order valence-electron chi connectivity index (χ1n) is 12.7. The lowest BCUT2D eigenvalue weighted by Gasteiger charge is -2.22. The largest absolute Gasteiger partial charge is 0.395 e. The van der Waals surface area contributed by atoms with Crippen molar-refractivity contribution in [3.8, 4) is 0 Å². The lowest BCUT2D eigenvalue weighted by Crippen LogP contribution is -2.40. The minimum absolute atomic E-state index is 0.153. The van der Waals surface area contributed by atoms with Gasteiger partial charge in [0.25, 0.3) is 0 Å². The standard InChI is InChI=1S/C25H33N7O4S/c1-3-11-37-25-27-22(26-17-12-15(17)14-7-5-4-6-8-14)19-23(28-25)32(30-29-19)18-13-16(20(34)21(18)35)24(36)31(2)9-10-33/h4-8,15-18,20-21,33-35H,3,9-13H2,1-2H3,(H,26,27,28)/t15?,16-,17?,18+,20+,21-/m1/s1. The number of amides is 1. The molecule has 0 spiro atoms. The van der Waals surface area contributed by atoms with E-state index in [1.165, 1.54) is 26.9 Å². The van der Waals surface area contributed by atoms with Crippen LogP contribution in [-0.2, 0) is 4.79 Å². The van der Waals surface area contributed by atoms with Crippen LogP contribution in [0, 0.1) is 5.92 Å². The predicted octanol–water partition coefficient (Wildman–Crippen LogP) is 1.42. The number of carbonyl (C=O) groups is 1. The highest BCUT2D eigenvalue weighted by Crippen LogP contribution is 2.44. The highest BCUT2D eigenvalue weighted by Gasteiger charge is 2.48. The summed E-state index contributed by atoms with van der Waals surface area (Å²) >= 11 is 1.54. The summed E-state index contributed by atoms with van der Waals surface area (Å²) < 4.78 is 1.52. The third-order valence-electron chi connectivity index (χ3n) is 7.17. The van der Waals surface area contributed by atoms with Crippen LogP contribution in [-0.4, -0.2) is 95.3 Å². The summed E-state index contributed by atoms with van der Waals surface area (Å²) in [5.41, 5.74) is 2.23. The number of hydrogen-bond donors (Lipinski definition) is 4. The molecule has 12 heteroatoms. The van der Waals surface area contributed by atoms with Gasteiger partial charge in [-0.3, -0.25) is 4.79 Å². The van der Waals surface area contributed by atoms with Crippen LogP contribution in [0.5, 0.6) is 0 Å². The molecule has 2 aliphatic carbocycles. The van der Waals surface area contributed by atoms with Crippen molar-refractivity contribution in [2.45, 2.75) is 61.6 Å². The molecular formula is C25H33N7O4S. The molecule has 198 valence electrons. The van der Waals surface area contributed by atoms with Crippen molar-refractivity contribution in [1.29, 1.82) is 0 Å². The second kappa shape index (κ2) is 10.9. The van der Waals surface area contributed by atoms with Crippen LogP contribution in [0.25, 0.3) is 11.2 Å². The first-order valence-corrected chi connectivity index (χ1v) is 13.7. The lowest BCUT2D eigenvalue weighted by molar-refractivity contribution is -0.138. The van der Waals surface area contributed by atoms with Crippen LogP contribution in [0.15, 0.2) is 35.5 Å². The number of fused-ring (bicyclic) bond motifs is 1. The van der Waals surface area contributed by atoms with Crippen LogP contribution in [0.1, 0.15) is 43.7 Å². The van der Waals surface area contributed by atoms with E-state index >= 15 is 0 Å². The number of rotatable bonds is 10. The fourth-order valence-corrected chi connectivity index (χ4v) is 5.72. The quantitative estimate of drug-likeness (QED) is 0.225. The van der Waals surface area contributed by atoms with Gasteiger partial charge in [-0.15, -0.1) is 5.10 Å². The highest BCUT2D eigenvalue weighted by atomic mass is 32.2. The summed E-state index contributed by atoms with van der Waals surface area (Å²) in [5, 5.41) is 43.5. The number of anilines is 1. The summed E-state index contributed by atoms with van der Waals surface area (Å²) in [6, 6.07) is 9.89. The third kappa shape index (κ3) is 5.15. The number of nitrogens with zero attached hydrogens (tertiary/aromatic N) is 6. The molecule has 37 heavy (non-hydrogen) atoms. The van der Waals surface area contributed by atoms with Crippen LogP contribution >= 0.6 is 11.8 Å². The Kier molecular flexibility index (Phi) is 7.61. The predicted molar refractivity (Wildman–Crippen MR) is 139 cm³/mol. The number of nitrogens with one attached hydrogen (secondary N) is 1. The lowest BCUT2D eigenvalue weighted by atomic mass is 10.0. The summed E-state index contributed by atoms with van der Waals surface area (Å²) in [7, 11) is 1.57. The first kappa shape index (κ1) is 25.8. The molecule has 2 heterocycles. The SMILES string of the molecule is CCCSc1nc(NC2CC2c2ccccc2)c2nnn([C@H]3C[C@@H](C(=O)N(C)CCO)[C@H](O)[C@@H]3O)c2n1. The molecule has 4 N–H and O–H groups in total. The number of aliphatic hydroxyl groups is 3. The van der Waals surface area contributed by atoms with Crippen molar-refractivity contribution >= 4 is 34.7 Å². The minimum Gasteiger partial charge on any atom is -0.395 e. The van der Waals surface area contributed by atoms with E-state index in [4.69, 9.17) is 9.97 Å². The molecule has 1 aromatic carbocycles. The van der Waals surface area contributed by atoms with E-state index in [-0.39, 0.29) is 31.5 Å². The van der Waals surface area contributed by atoms with Crippen LogP contribution in [0.3, 0.4) is 0 Å². The summed E-state index contributed by atoms with van der Waals surface area (Å²) in [4.78, 5) is 23.6. The second-order valence-corrected chi connectivity index (χ2v) is 10.8. The van der Waals surface area contributed by atoms with Gasteiger partial charge in [-0.2, -0.15) is 0 Å². The van der Waals surface area contributed by atoms with Crippen molar-refractivity contribution in [2.24, 2.45) is 5.92 Å². The van der Waals surface area contributed by atoms with E-state index < -0.39 is 24.2 Å². The van der Waals surface area contributed by atoms with Gasteiger partial charge in [0.1, 0.15) is 6.10 Å². The van der Waals surface area contributed by atoms with Gasteiger partial charge >= 0.3 is 0 Å². The maximum Gasteiger partial charge on any atom is 0.228 e. The maximum atomic E-state index is 12.8. The Hall–Kier alpha value is -2.80. The Balaban J connectivity index is 1.43. The zero-order chi connectivity index (χ0) is 26.1. The summed E-state index contributed by atoms with van der Waals surface area (Å²) in [6.07, 6.45) is -0.350. The monoisotopic (exact) mass is 527 g/mol. The van der Waals surface area contributed by atoms with Gasteiger partial charge in [0.15, 0.2) is 22.1 Å². The van der Waals surface area contributed by atoms with Crippen LogP contribution in [0.4, 0.5) is 5.82 Å². The molecule has 0 aliphatic heterocycles. The van der Waals surface area contributed by atoms with Crippen LogP contribution in [0.2, 0.25) is 0 Å². The molecule has 11 nitrogen and oxygen atoms in total. The molecule has 0 radical (unpaired) electrons. The Bertz CT molecular complexity index is 1240. The average Bonchev–Trinajstić information content (AvgIpc) is 3.45. The molecule has 0 bridgehead atoms. The number of carbonyl (C=O) groups excluding carboxylic acids is 1. The van der Waals surface area contributed by atoms with Crippen LogP contribution < -0.4 is 5.32 Å². The fraction of sp³-hybridized carbons (Fsp3) is 0.560. The fourth-order valence-electron chi connectivity index (χ4n) is 5.03. The second-order valence-electron chi connectivity index (χ2n) is 9.79. The number of likely N-dealkylation sites (N-methyl/N-ethyl adjacent to an activating group) is 1. The molecule has 3 aromatic rings. The molecule has 2 aromatic heterocycles. The molecule has 2 saturated carbocycles. The van der Waals surface area contributed by atoms with Crippen molar-refractivity contribution in [3.05, 3.63) is 35.9 Å². The third-order valence-corrected chi connectivity index (χ3v) is 8.23. The molecular weight excluding hydrogens is 494 g/mol. The van der Waals surface area contributed by atoms with Gasteiger partial charge in [0, 0.05) is 31.3 Å². The summed E-state index contributed by atoms with van der Waals surface area (Å²) in [6.45, 7) is 2.06. The van der Waals surface area contributed by atoms with E-state index in [9.17, 15) is 20.1 Å². The Labute approximate surface area is 219 Å². The van der Waals surface area contributed by atoms with E-state index in [1.807, 2.05) is 18.2 Å². The normalized spacial score (nSPS) is 26.9. The molecule has 5 rings (SSSR count). The highest BCUT2D eigenvalue weighted by molar-refractivity contribution is 7.99. The van der Waals surface area contributed by atoms with Gasteiger partial charge in [-0.05, 0) is 24.8 Å². The molecule has 2 unspecified atom stereocenters. The van der Waals surface area contributed by atoms with Gasteiger partial charge in [-0.1, -0.05) is 54.2 Å². The number of benzene rings is 1. The Morgan fingerprint density at radius 1 is 1.19 bits per heavy atom. The van der Waals surface area contributed by atoms with Crippen molar-refractivity contribution in [1.82, 2.24) is 29.9 Å². The average molecular weight is 528 g/mol. The van der Waals surface area contributed by atoms with Gasteiger partial charge in [-0.25, -0.2) is 14.6 Å². The molecule has 0 saturated heterocycles. The molecule has 6 atom stereocenters. The van der Waals surface area contributed by atoms with Crippen molar-refractivity contribution in [3.63, 3.8) is 0 Å². The molecule has 2 aliphatic rings. The number of thioether (sulfide) groups is 1. The number of aromatic nitrogens is 5. The van der Waals surface area contributed by atoms with E-state index in [1.54, 1.807) is 7.05 Å². The summed E-state index contributed by atoms with van der Waals surface area (Å²) in [5.74, 6) is 0.692. The number of hydrogen-bond acceptors (Lipinski definition) is 10. The zero-order valence-electron chi connectivity index (χ0n) is 20.9. The van der Waals surface area contributed by atoms with E-state index in [0.29, 0.717) is 28.1 Å². The van der Waals surface area contributed by atoms with Gasteiger partial charge in [0.2, 0.25) is 5.91 Å². The first-order chi connectivity index (χ1) is 17.9. The topological polar surface area (TPSA) is 150 Å². The molecule has 2 fully saturated rings. The number of aliphatic hydroxyl groups excluding tert-OH is 3. The minimum atomic E-state index is -1.26. The Morgan fingerprint density at radius 2 is 1.97 bits per heavy atom. The van der Waals surface area contributed by atoms with E-state index in [2.05, 4.69) is 34.7 Å². The molecule has 1 amide bonds. The smallest absolute Gasteiger partial charge is 0.228 e.